The molecule has 0 bridgehead atoms. The van der Waals surface area contributed by atoms with E-state index in [2.05, 4.69) is 0 Å². The molecule has 1 aromatic carbocycles. The van der Waals surface area contributed by atoms with Crippen molar-refractivity contribution in [2.45, 2.75) is 0 Å². The molecule has 0 radical (unpaired) electrons. The van der Waals surface area contributed by atoms with Crippen LogP contribution < -0.4 is 4.74 Å². The summed E-state index contributed by atoms with van der Waals surface area (Å²) >= 11 is 5.67. The van der Waals surface area contributed by atoms with Crippen LogP contribution in [0, 0.1) is 5.82 Å². The highest BCUT2D eigenvalue weighted by Gasteiger charge is 2.01. The van der Waals surface area contributed by atoms with Crippen LogP contribution in [0.3, 0.4) is 0 Å². The topological polar surface area (TPSA) is 46.5 Å². The number of hydrogen-bond acceptors (Lipinski definition) is 2. The van der Waals surface area contributed by atoms with Gasteiger partial charge in [-0.3, -0.25) is 0 Å². The van der Waals surface area contributed by atoms with Gasteiger partial charge in [0.05, 0.1) is 5.02 Å². The molecule has 0 aliphatic heterocycles. The third kappa shape index (κ3) is 3.99. The van der Waals surface area contributed by atoms with Gasteiger partial charge in [0.1, 0.15) is 18.2 Å². The lowest BCUT2D eigenvalue weighted by molar-refractivity contribution is -0.131. The van der Waals surface area contributed by atoms with Crippen LogP contribution in [0.15, 0.2) is 30.4 Å². The van der Waals surface area contributed by atoms with E-state index in [1.54, 1.807) is 0 Å². The zero-order valence-electron chi connectivity index (χ0n) is 7.61. The summed E-state index contributed by atoms with van der Waals surface area (Å²) in [5.74, 6) is -1.19. The molecule has 0 aromatic heterocycles. The first-order valence-corrected chi connectivity index (χ1v) is 4.44. The van der Waals surface area contributed by atoms with Crippen LogP contribution in [0.25, 0.3) is 0 Å². The highest BCUT2D eigenvalue weighted by atomic mass is 35.5. The summed E-state index contributed by atoms with van der Waals surface area (Å²) in [5.41, 5.74) is 0. The summed E-state index contributed by atoms with van der Waals surface area (Å²) in [5, 5.41) is 8.44. The number of hydrogen-bond donors (Lipinski definition) is 1. The molecule has 80 valence electrons. The average Bonchev–Trinajstić information content (AvgIpc) is 2.14. The Morgan fingerprint density at radius 2 is 2.33 bits per heavy atom. The molecule has 15 heavy (non-hydrogen) atoms. The number of carbonyl (C=O) groups is 1. The molecule has 0 unspecified atom stereocenters. The highest BCUT2D eigenvalue weighted by Crippen LogP contribution is 2.24. The monoisotopic (exact) mass is 230 g/mol. The van der Waals surface area contributed by atoms with Crippen LogP contribution in [0.1, 0.15) is 0 Å². The molecule has 0 heterocycles. The Hall–Kier alpha value is -1.55. The second-order valence-corrected chi connectivity index (χ2v) is 3.03. The number of ether oxygens (including phenoxy) is 1. The number of aliphatic carboxylic acids is 1. The van der Waals surface area contributed by atoms with Crippen LogP contribution in [-0.4, -0.2) is 17.7 Å². The number of rotatable bonds is 4. The maximum Gasteiger partial charge on any atom is 0.328 e. The van der Waals surface area contributed by atoms with Gasteiger partial charge in [-0.05, 0) is 24.3 Å². The highest BCUT2D eigenvalue weighted by molar-refractivity contribution is 6.32. The van der Waals surface area contributed by atoms with Gasteiger partial charge in [0, 0.05) is 6.08 Å². The maximum atomic E-state index is 12.6. The van der Waals surface area contributed by atoms with Gasteiger partial charge in [-0.25, -0.2) is 9.18 Å². The van der Waals surface area contributed by atoms with Crippen molar-refractivity contribution in [3.05, 3.63) is 41.2 Å². The van der Waals surface area contributed by atoms with Crippen molar-refractivity contribution >= 4 is 17.6 Å². The molecule has 1 N–H and O–H groups in total. The van der Waals surface area contributed by atoms with Crippen molar-refractivity contribution in [1.82, 2.24) is 0 Å². The summed E-state index contributed by atoms with van der Waals surface area (Å²) < 4.78 is 17.7. The quantitative estimate of drug-likeness (QED) is 0.809. The second kappa shape index (κ2) is 5.36. The molecule has 0 atom stereocenters. The second-order valence-electron chi connectivity index (χ2n) is 2.63. The standard InChI is InChI=1S/C10H8ClFO3/c11-8-6-7(12)3-4-9(8)15-5-1-2-10(13)14/h1-4,6H,5H2,(H,13,14). The van der Waals surface area contributed by atoms with Gasteiger partial charge in [-0.1, -0.05) is 11.6 Å². The first kappa shape index (κ1) is 11.5. The van der Waals surface area contributed by atoms with Gasteiger partial charge in [0.15, 0.2) is 0 Å². The summed E-state index contributed by atoms with van der Waals surface area (Å²) in [6, 6.07) is 3.71. The van der Waals surface area contributed by atoms with Gasteiger partial charge >= 0.3 is 5.97 Å². The lowest BCUT2D eigenvalue weighted by Crippen LogP contribution is -1.96. The van der Waals surface area contributed by atoms with Crippen molar-refractivity contribution in [2.24, 2.45) is 0 Å². The zero-order valence-corrected chi connectivity index (χ0v) is 8.37. The molecule has 0 aliphatic rings. The van der Waals surface area contributed by atoms with Crippen LogP contribution in [0.5, 0.6) is 5.75 Å². The number of halogens is 2. The summed E-state index contributed by atoms with van der Waals surface area (Å²) in [4.78, 5) is 10.1. The van der Waals surface area contributed by atoms with Crippen molar-refractivity contribution in [3.8, 4) is 5.75 Å². The average molecular weight is 231 g/mol. The zero-order chi connectivity index (χ0) is 11.3. The van der Waals surface area contributed by atoms with Gasteiger partial charge < -0.3 is 9.84 Å². The first-order chi connectivity index (χ1) is 7.09. The van der Waals surface area contributed by atoms with E-state index in [1.165, 1.54) is 18.2 Å². The molecule has 3 nitrogen and oxygen atoms in total. The summed E-state index contributed by atoms with van der Waals surface area (Å²) in [7, 11) is 0. The molecule has 0 aliphatic carbocycles. The van der Waals surface area contributed by atoms with E-state index in [9.17, 15) is 9.18 Å². The largest absolute Gasteiger partial charge is 0.488 e. The molecular formula is C10H8ClFO3. The minimum atomic E-state index is -1.05. The molecule has 1 rings (SSSR count). The minimum absolute atomic E-state index is 0.0671. The van der Waals surface area contributed by atoms with Gasteiger partial charge in [-0.2, -0.15) is 0 Å². The van der Waals surface area contributed by atoms with Gasteiger partial charge in [0.25, 0.3) is 0 Å². The predicted octanol–water partition coefficient (Wildman–Crippen LogP) is 2.50. The first-order valence-electron chi connectivity index (χ1n) is 4.07. The van der Waals surface area contributed by atoms with Crippen molar-refractivity contribution in [3.63, 3.8) is 0 Å². The van der Waals surface area contributed by atoms with E-state index in [1.807, 2.05) is 0 Å². The Bertz CT molecular complexity index is 390. The fourth-order valence-electron chi connectivity index (χ4n) is 0.879. The van der Waals surface area contributed by atoms with E-state index in [-0.39, 0.29) is 11.6 Å². The van der Waals surface area contributed by atoms with E-state index in [4.69, 9.17) is 21.4 Å². The summed E-state index contributed by atoms with van der Waals surface area (Å²) in [6.45, 7) is 0.0671. The van der Waals surface area contributed by atoms with Crippen LogP contribution in [-0.2, 0) is 4.79 Å². The Kier molecular flexibility index (Phi) is 4.12. The SMILES string of the molecule is O=C(O)C=CCOc1ccc(F)cc1Cl. The smallest absolute Gasteiger partial charge is 0.328 e. The van der Waals surface area contributed by atoms with Crippen molar-refractivity contribution in [2.75, 3.05) is 6.61 Å². The van der Waals surface area contributed by atoms with Crippen molar-refractivity contribution < 1.29 is 19.0 Å². The molecule has 0 spiro atoms. The number of benzene rings is 1. The Labute approximate surface area is 90.7 Å². The maximum absolute atomic E-state index is 12.6. The normalized spacial score (nSPS) is 10.5. The van der Waals surface area contributed by atoms with E-state index < -0.39 is 11.8 Å². The Morgan fingerprint density at radius 1 is 1.60 bits per heavy atom. The van der Waals surface area contributed by atoms with Gasteiger partial charge in [-0.15, -0.1) is 0 Å². The summed E-state index contributed by atoms with van der Waals surface area (Å²) in [6.07, 6.45) is 2.28. The lowest BCUT2D eigenvalue weighted by Gasteiger charge is -2.04. The fraction of sp³-hybridized carbons (Fsp3) is 0.100. The fourth-order valence-corrected chi connectivity index (χ4v) is 1.10. The van der Waals surface area contributed by atoms with Crippen LogP contribution in [0.4, 0.5) is 4.39 Å². The van der Waals surface area contributed by atoms with E-state index >= 15 is 0 Å². The lowest BCUT2D eigenvalue weighted by atomic mass is 10.3. The third-order valence-corrected chi connectivity index (χ3v) is 1.78. The molecule has 5 heteroatoms. The van der Waals surface area contributed by atoms with Crippen LogP contribution >= 0.6 is 11.6 Å². The predicted molar refractivity (Wildman–Crippen MR) is 53.7 cm³/mol. The minimum Gasteiger partial charge on any atom is -0.488 e. The van der Waals surface area contributed by atoms with Crippen molar-refractivity contribution in [1.29, 1.82) is 0 Å². The number of carboxylic acids is 1. The van der Waals surface area contributed by atoms with E-state index in [0.29, 0.717) is 5.75 Å². The Morgan fingerprint density at radius 3 is 2.93 bits per heavy atom. The van der Waals surface area contributed by atoms with Crippen LogP contribution in [0.2, 0.25) is 5.02 Å². The molecule has 1 aromatic rings. The Balaban J connectivity index is 2.54. The van der Waals surface area contributed by atoms with E-state index in [0.717, 1.165) is 12.1 Å². The molecule has 0 fully saturated rings. The molecule has 0 amide bonds. The molecule has 0 saturated heterocycles. The third-order valence-electron chi connectivity index (χ3n) is 1.49. The molecule has 0 saturated carbocycles. The number of carboxylic acid groups (broad SMARTS) is 1. The molecular weight excluding hydrogens is 223 g/mol. The van der Waals surface area contributed by atoms with Gasteiger partial charge in [0.2, 0.25) is 0 Å².